The van der Waals surface area contributed by atoms with Gasteiger partial charge in [-0.1, -0.05) is 5.11 Å². The van der Waals surface area contributed by atoms with Crippen LogP contribution in [0.4, 0.5) is 10.1 Å². The highest BCUT2D eigenvalue weighted by Gasteiger charge is 2.48. The van der Waals surface area contributed by atoms with Gasteiger partial charge >= 0.3 is 5.97 Å². The van der Waals surface area contributed by atoms with Gasteiger partial charge in [-0.15, -0.1) is 12.3 Å². The van der Waals surface area contributed by atoms with E-state index in [1.54, 1.807) is 0 Å². The average molecular weight is 627 g/mol. The lowest BCUT2D eigenvalue weighted by Crippen LogP contribution is -2.61. The van der Waals surface area contributed by atoms with Crippen molar-refractivity contribution < 1.29 is 62.9 Å². The van der Waals surface area contributed by atoms with Gasteiger partial charge in [-0.3, -0.25) is 9.59 Å². The number of ketones is 1. The van der Waals surface area contributed by atoms with Crippen LogP contribution in [-0.2, 0) is 40.0 Å². The highest BCUT2D eigenvalue weighted by Crippen LogP contribution is 2.29. The minimum Gasteiger partial charge on any atom is -0.479 e. The molecule has 1 amide bonds. The summed E-state index contributed by atoms with van der Waals surface area (Å²) < 4.78 is 39.9. The smallest absolute Gasteiger partial charge is 0.335 e. The molecule has 0 aromatic heterocycles. The zero-order valence-electron chi connectivity index (χ0n) is 23.6. The van der Waals surface area contributed by atoms with Gasteiger partial charge in [-0.2, -0.15) is 0 Å². The van der Waals surface area contributed by atoms with Crippen LogP contribution in [0.25, 0.3) is 10.4 Å². The molecular formula is C27H35FN4O12. The number of carbonyl (C=O) groups is 3. The number of azide groups is 1. The van der Waals surface area contributed by atoms with Crippen molar-refractivity contribution in [3.8, 4) is 18.1 Å². The number of hydrogen-bond acceptors (Lipinski definition) is 12. The first kappa shape index (κ1) is 36.3. The number of ether oxygens (including phenoxy) is 5. The average Bonchev–Trinajstić information content (AvgIpc) is 3.00. The number of benzene rings is 1. The number of aliphatic hydroxyl groups is 3. The molecule has 1 heterocycles. The molecule has 16 nitrogen and oxygen atoms in total. The first-order valence-electron chi connectivity index (χ1n) is 13.4. The van der Waals surface area contributed by atoms with Gasteiger partial charge in [0.05, 0.1) is 26.4 Å². The molecule has 1 aliphatic rings. The lowest BCUT2D eigenvalue weighted by atomic mass is 9.96. The monoisotopic (exact) mass is 626 g/mol. The van der Waals surface area contributed by atoms with Gasteiger partial charge in [0, 0.05) is 34.9 Å². The van der Waals surface area contributed by atoms with E-state index < -0.39 is 55.2 Å². The second-order valence-corrected chi connectivity index (χ2v) is 9.41. The summed E-state index contributed by atoms with van der Waals surface area (Å²) in [5.41, 5.74) is 8.17. The third-order valence-electron chi connectivity index (χ3n) is 6.23. The molecule has 0 saturated carbocycles. The van der Waals surface area contributed by atoms with Crippen molar-refractivity contribution in [1.82, 2.24) is 0 Å². The van der Waals surface area contributed by atoms with Crippen molar-refractivity contribution in [1.29, 1.82) is 0 Å². The highest BCUT2D eigenvalue weighted by atomic mass is 19.1. The van der Waals surface area contributed by atoms with Crippen LogP contribution in [0.1, 0.15) is 24.8 Å². The zero-order valence-corrected chi connectivity index (χ0v) is 23.6. The summed E-state index contributed by atoms with van der Waals surface area (Å²) in [6.07, 6.45) is -3.78. The van der Waals surface area contributed by atoms with Crippen molar-refractivity contribution in [2.45, 2.75) is 56.6 Å². The minimum atomic E-state index is -1.93. The van der Waals surface area contributed by atoms with Gasteiger partial charge in [0.15, 0.2) is 11.9 Å². The Morgan fingerprint density at radius 3 is 2.48 bits per heavy atom. The van der Waals surface area contributed by atoms with Crippen LogP contribution in [-0.4, -0.2) is 109 Å². The Kier molecular flexibility index (Phi) is 16.1. The summed E-state index contributed by atoms with van der Waals surface area (Å²) in [5.74, 6) is -1.09. The number of anilines is 1. The molecule has 1 aromatic carbocycles. The predicted octanol–water partition coefficient (Wildman–Crippen LogP) is 0.672. The van der Waals surface area contributed by atoms with Gasteiger partial charge < -0.3 is 49.4 Å². The summed E-state index contributed by atoms with van der Waals surface area (Å²) in [5, 5.41) is 45.0. The zero-order chi connectivity index (χ0) is 32.5. The Labute approximate surface area is 251 Å². The maximum atomic E-state index is 13.9. The number of aliphatic carboxylic acids is 1. The molecule has 0 spiro atoms. The van der Waals surface area contributed by atoms with Gasteiger partial charge in [0.2, 0.25) is 12.2 Å². The molecule has 2 rings (SSSR count). The second-order valence-electron chi connectivity index (χ2n) is 9.41. The topological polar surface area (TPSA) is 239 Å². The number of carbonyl (C=O) groups excluding carboxylic acids is 2. The van der Waals surface area contributed by atoms with E-state index in [2.05, 4.69) is 21.3 Å². The number of carboxylic acids is 1. The van der Waals surface area contributed by atoms with E-state index in [1.807, 2.05) is 0 Å². The van der Waals surface area contributed by atoms with E-state index in [-0.39, 0.29) is 81.8 Å². The maximum absolute atomic E-state index is 13.9. The van der Waals surface area contributed by atoms with E-state index in [1.165, 1.54) is 18.2 Å². The number of amides is 1. The van der Waals surface area contributed by atoms with Gasteiger partial charge in [0.1, 0.15) is 44.1 Å². The third-order valence-corrected chi connectivity index (χ3v) is 6.23. The molecule has 5 N–H and O–H groups in total. The Hall–Kier alpha value is -3.85. The van der Waals surface area contributed by atoms with Crippen molar-refractivity contribution in [2.75, 3.05) is 45.1 Å². The van der Waals surface area contributed by atoms with Crippen LogP contribution >= 0.6 is 0 Å². The molecule has 0 radical (unpaired) electrons. The highest BCUT2D eigenvalue weighted by molar-refractivity contribution is 5.95. The number of alkyl halides is 1. The van der Waals surface area contributed by atoms with Crippen LogP contribution in [0.2, 0.25) is 0 Å². The number of Topliss-reactive ketones (excluding diaryl/α,β-unsaturated/α-hetero) is 1. The summed E-state index contributed by atoms with van der Waals surface area (Å²) in [7, 11) is 0. The molecule has 1 saturated heterocycles. The first-order chi connectivity index (χ1) is 21.1. The van der Waals surface area contributed by atoms with E-state index in [0.29, 0.717) is 0 Å². The van der Waals surface area contributed by atoms with E-state index in [4.69, 9.17) is 35.6 Å². The van der Waals surface area contributed by atoms with Gasteiger partial charge in [0.25, 0.3) is 0 Å². The minimum absolute atomic E-state index is 0.106. The molecule has 44 heavy (non-hydrogen) atoms. The summed E-state index contributed by atoms with van der Waals surface area (Å²) in [6, 6.07) is 3.80. The Bertz CT molecular complexity index is 1190. The first-order valence-corrected chi connectivity index (χ1v) is 13.4. The van der Waals surface area contributed by atoms with E-state index >= 15 is 0 Å². The quantitative estimate of drug-likeness (QED) is 0.0441. The van der Waals surface area contributed by atoms with Crippen LogP contribution < -0.4 is 10.1 Å². The van der Waals surface area contributed by atoms with Crippen molar-refractivity contribution in [3.05, 3.63) is 34.2 Å². The molecule has 242 valence electrons. The number of aliphatic hydroxyl groups excluding tert-OH is 3. The number of nitrogens with one attached hydrogen (secondary N) is 1. The van der Waals surface area contributed by atoms with Gasteiger partial charge in [-0.25, -0.2) is 9.18 Å². The molecule has 1 fully saturated rings. The lowest BCUT2D eigenvalue weighted by Gasteiger charge is -2.38. The number of halogens is 1. The van der Waals surface area contributed by atoms with Crippen LogP contribution in [0, 0.1) is 18.3 Å². The molecule has 1 aliphatic heterocycles. The Balaban J connectivity index is 1.92. The van der Waals surface area contributed by atoms with Crippen LogP contribution in [0.5, 0.6) is 5.75 Å². The van der Waals surface area contributed by atoms with Crippen LogP contribution in [0.15, 0.2) is 23.3 Å². The number of terminal acetylenes is 1. The SMILES string of the molecule is C#CCCC(CC(=O)COCCOCCOCN=[N+]=[N-])C(=O)Nc1ccc(O[C@H]2O[C@@H](C(=O)O)[C@H](O)[C@@H](O)[C@@H]2O)c(CF)c1. The number of nitrogens with zero attached hydrogens (tertiary/aromatic N) is 3. The second kappa shape index (κ2) is 19.4. The fraction of sp³-hybridized carbons (Fsp3) is 0.593. The fourth-order valence-electron chi connectivity index (χ4n) is 3.97. The van der Waals surface area contributed by atoms with Crippen molar-refractivity contribution in [3.63, 3.8) is 0 Å². The number of hydrogen-bond donors (Lipinski definition) is 5. The molecule has 17 heteroatoms. The maximum Gasteiger partial charge on any atom is 0.335 e. The van der Waals surface area contributed by atoms with E-state index in [0.717, 1.165) is 0 Å². The molecule has 0 aliphatic carbocycles. The van der Waals surface area contributed by atoms with Crippen molar-refractivity contribution >= 4 is 23.3 Å². The summed E-state index contributed by atoms with van der Waals surface area (Å²) in [6.45, 7) is -0.721. The number of carboxylic acid groups (broad SMARTS) is 1. The lowest BCUT2D eigenvalue weighted by molar-refractivity contribution is -0.271. The van der Waals surface area contributed by atoms with Gasteiger partial charge in [-0.05, 0) is 30.2 Å². The molecule has 1 aromatic rings. The molecule has 1 unspecified atom stereocenters. The summed E-state index contributed by atoms with van der Waals surface area (Å²) >= 11 is 0. The molecular weight excluding hydrogens is 591 g/mol. The fourth-order valence-corrected chi connectivity index (χ4v) is 3.97. The summed E-state index contributed by atoms with van der Waals surface area (Å²) in [4.78, 5) is 39.3. The number of rotatable bonds is 20. The van der Waals surface area contributed by atoms with E-state index in [9.17, 15) is 39.2 Å². The third kappa shape index (κ3) is 11.7. The van der Waals surface area contributed by atoms with Crippen LogP contribution in [0.3, 0.4) is 0 Å². The Morgan fingerprint density at radius 1 is 1.11 bits per heavy atom. The Morgan fingerprint density at radius 2 is 1.82 bits per heavy atom. The predicted molar refractivity (Wildman–Crippen MR) is 148 cm³/mol. The standard InChI is InChI=1S/C27H35FN4O12/c1-2-3-4-16(12-19(33)14-41-9-7-40-8-10-42-15-30-32-29)25(37)31-18-5-6-20(17(11-18)13-28)43-27-23(36)21(34)22(35)24(44-27)26(38)39/h1,5-6,11,16,21-24,27,34-36H,3-4,7-10,12-15H2,(H,31,37)(H,38,39)/t16?,21-,22-,23+,24-,27+/m1/s1. The molecule has 0 bridgehead atoms. The largest absolute Gasteiger partial charge is 0.479 e. The van der Waals surface area contributed by atoms with Crippen molar-refractivity contribution in [2.24, 2.45) is 11.0 Å². The normalized spacial score (nSPS) is 21.8. The molecule has 6 atom stereocenters.